The summed E-state index contributed by atoms with van der Waals surface area (Å²) in [6, 6.07) is 9.87. The predicted molar refractivity (Wildman–Crippen MR) is 86.3 cm³/mol. The van der Waals surface area contributed by atoms with Crippen LogP contribution >= 0.6 is 0 Å². The number of hydrogen-bond acceptors (Lipinski definition) is 6. The number of nitriles is 1. The van der Waals surface area contributed by atoms with E-state index in [0.29, 0.717) is 17.3 Å². The highest BCUT2D eigenvalue weighted by Crippen LogP contribution is 2.53. The van der Waals surface area contributed by atoms with Crippen LogP contribution in [0.5, 0.6) is 0 Å². The van der Waals surface area contributed by atoms with E-state index in [1.54, 1.807) is 0 Å². The van der Waals surface area contributed by atoms with Gasteiger partial charge in [-0.1, -0.05) is 12.1 Å². The molecule has 1 aromatic heterocycles. The van der Waals surface area contributed by atoms with Crippen LogP contribution in [0.25, 0.3) is 0 Å². The third-order valence-electron chi connectivity index (χ3n) is 4.86. The van der Waals surface area contributed by atoms with Gasteiger partial charge in [0.25, 0.3) is 0 Å². The summed E-state index contributed by atoms with van der Waals surface area (Å²) < 4.78 is 12.0. The summed E-state index contributed by atoms with van der Waals surface area (Å²) in [6.45, 7) is 3.71. The molecule has 0 amide bonds. The summed E-state index contributed by atoms with van der Waals surface area (Å²) in [6.07, 6.45) is 1.89. The molecule has 0 spiro atoms. The first-order valence-corrected chi connectivity index (χ1v) is 8.29. The summed E-state index contributed by atoms with van der Waals surface area (Å²) in [4.78, 5) is 2.21. The Morgan fingerprint density at radius 1 is 1.29 bits per heavy atom. The maximum Gasteiger partial charge on any atom is 0.246 e. The zero-order valence-corrected chi connectivity index (χ0v) is 13.9. The van der Waals surface area contributed by atoms with E-state index in [1.807, 2.05) is 24.3 Å². The van der Waals surface area contributed by atoms with E-state index >= 15 is 0 Å². The Morgan fingerprint density at radius 2 is 2.12 bits per heavy atom. The van der Waals surface area contributed by atoms with E-state index in [0.717, 1.165) is 31.5 Å². The van der Waals surface area contributed by atoms with Crippen LogP contribution in [-0.4, -0.2) is 41.3 Å². The number of hydrogen-bond donors (Lipinski definition) is 0. The standard InChI is InChI=1S/C18H20N4O2/c1-12-10-22(2)11-15(23-12)16-20-21-17(24-16)18(6-7-18)14-5-3-4-13(8-14)9-19/h3-5,8,12,15H,6-7,10-11H2,1-2H3/t12-,15-/m1/s1. The second-order valence-corrected chi connectivity index (χ2v) is 6.88. The molecule has 2 atom stereocenters. The summed E-state index contributed by atoms with van der Waals surface area (Å²) in [5, 5.41) is 17.7. The van der Waals surface area contributed by atoms with E-state index in [1.165, 1.54) is 0 Å². The fourth-order valence-electron chi connectivity index (χ4n) is 3.49. The highest BCUT2D eigenvalue weighted by Gasteiger charge is 2.51. The topological polar surface area (TPSA) is 75.2 Å². The van der Waals surface area contributed by atoms with Gasteiger partial charge < -0.3 is 14.1 Å². The number of morpholine rings is 1. The number of ether oxygens (including phenoxy) is 1. The third kappa shape index (κ3) is 2.60. The van der Waals surface area contributed by atoms with Gasteiger partial charge in [-0.3, -0.25) is 0 Å². The maximum atomic E-state index is 9.12. The molecule has 0 unspecified atom stereocenters. The molecule has 2 heterocycles. The zero-order valence-electron chi connectivity index (χ0n) is 13.9. The summed E-state index contributed by atoms with van der Waals surface area (Å²) in [7, 11) is 2.07. The van der Waals surface area contributed by atoms with Crippen LogP contribution in [0.15, 0.2) is 28.7 Å². The highest BCUT2D eigenvalue weighted by atomic mass is 16.5. The predicted octanol–water partition coefficient (Wildman–Crippen LogP) is 2.41. The molecule has 6 nitrogen and oxygen atoms in total. The van der Waals surface area contributed by atoms with Crippen molar-refractivity contribution in [1.82, 2.24) is 15.1 Å². The molecule has 6 heteroatoms. The first-order chi connectivity index (χ1) is 11.6. The van der Waals surface area contributed by atoms with Gasteiger partial charge in [-0.25, -0.2) is 0 Å². The summed E-state index contributed by atoms with van der Waals surface area (Å²) >= 11 is 0. The smallest absolute Gasteiger partial charge is 0.246 e. The van der Waals surface area contributed by atoms with Crippen LogP contribution in [0.1, 0.15) is 48.8 Å². The van der Waals surface area contributed by atoms with Crippen molar-refractivity contribution >= 4 is 0 Å². The highest BCUT2D eigenvalue weighted by molar-refractivity contribution is 5.43. The van der Waals surface area contributed by atoms with Gasteiger partial charge in [-0.15, -0.1) is 10.2 Å². The Bertz CT molecular complexity index is 780. The van der Waals surface area contributed by atoms with Crippen LogP contribution in [0.4, 0.5) is 0 Å². The molecule has 124 valence electrons. The maximum absolute atomic E-state index is 9.12. The van der Waals surface area contributed by atoms with E-state index in [4.69, 9.17) is 14.4 Å². The normalized spacial score (nSPS) is 26.0. The Kier molecular flexibility index (Phi) is 3.63. The molecule has 1 saturated heterocycles. The fourth-order valence-corrected chi connectivity index (χ4v) is 3.49. The minimum atomic E-state index is -0.232. The van der Waals surface area contributed by atoms with Gasteiger partial charge in [0.1, 0.15) is 6.10 Å². The van der Waals surface area contributed by atoms with E-state index in [9.17, 15) is 0 Å². The third-order valence-corrected chi connectivity index (χ3v) is 4.86. The van der Waals surface area contributed by atoms with Crippen LogP contribution in [0.2, 0.25) is 0 Å². The largest absolute Gasteiger partial charge is 0.421 e. The molecule has 1 aromatic carbocycles. The van der Waals surface area contributed by atoms with E-state index in [-0.39, 0.29) is 17.6 Å². The number of rotatable bonds is 3. The Hall–Kier alpha value is -2.23. The number of likely N-dealkylation sites (N-methyl/N-ethyl adjacent to an activating group) is 1. The summed E-state index contributed by atoms with van der Waals surface area (Å²) in [5.74, 6) is 1.18. The number of nitrogens with zero attached hydrogens (tertiary/aromatic N) is 4. The SMILES string of the molecule is C[C@@H]1CN(C)C[C@H](c2nnc(C3(c4cccc(C#N)c4)CC3)o2)O1. The van der Waals surface area contributed by atoms with Gasteiger partial charge in [0.15, 0.2) is 0 Å². The first kappa shape index (κ1) is 15.3. The van der Waals surface area contributed by atoms with Gasteiger partial charge in [0.05, 0.1) is 23.2 Å². The van der Waals surface area contributed by atoms with Gasteiger partial charge in [-0.05, 0) is 44.5 Å². The van der Waals surface area contributed by atoms with Crippen molar-refractivity contribution in [2.45, 2.75) is 37.4 Å². The Morgan fingerprint density at radius 3 is 2.83 bits per heavy atom. The molecule has 24 heavy (non-hydrogen) atoms. The zero-order chi connectivity index (χ0) is 16.7. The van der Waals surface area contributed by atoms with Gasteiger partial charge >= 0.3 is 0 Å². The quantitative estimate of drug-likeness (QED) is 0.863. The number of aromatic nitrogens is 2. The average molecular weight is 324 g/mol. The van der Waals surface area contributed by atoms with Crippen molar-refractivity contribution in [2.24, 2.45) is 0 Å². The van der Waals surface area contributed by atoms with Gasteiger partial charge in [0.2, 0.25) is 11.8 Å². The molecule has 0 bridgehead atoms. The van der Waals surface area contributed by atoms with Crippen LogP contribution < -0.4 is 0 Å². The molecule has 2 aromatic rings. The molecule has 0 N–H and O–H groups in total. The van der Waals surface area contributed by atoms with Crippen molar-refractivity contribution in [2.75, 3.05) is 20.1 Å². The van der Waals surface area contributed by atoms with E-state index < -0.39 is 0 Å². The van der Waals surface area contributed by atoms with Crippen molar-refractivity contribution in [3.8, 4) is 6.07 Å². The Balaban J connectivity index is 1.61. The molecule has 2 aliphatic rings. The summed E-state index contributed by atoms with van der Waals surface area (Å²) in [5.41, 5.74) is 1.50. The molecule has 0 radical (unpaired) electrons. The molecule has 1 saturated carbocycles. The molecule has 1 aliphatic heterocycles. The molecular weight excluding hydrogens is 304 g/mol. The van der Waals surface area contributed by atoms with Gasteiger partial charge in [-0.2, -0.15) is 5.26 Å². The van der Waals surface area contributed by atoms with Crippen LogP contribution in [0, 0.1) is 11.3 Å². The minimum absolute atomic E-state index is 0.145. The van der Waals surface area contributed by atoms with Gasteiger partial charge in [0, 0.05) is 13.1 Å². The molecule has 2 fully saturated rings. The molecule has 1 aliphatic carbocycles. The van der Waals surface area contributed by atoms with Crippen molar-refractivity contribution in [3.63, 3.8) is 0 Å². The minimum Gasteiger partial charge on any atom is -0.421 e. The molecular formula is C18H20N4O2. The van der Waals surface area contributed by atoms with Crippen molar-refractivity contribution in [3.05, 3.63) is 47.2 Å². The fraction of sp³-hybridized carbons (Fsp3) is 0.500. The molecule has 4 rings (SSSR count). The lowest BCUT2D eigenvalue weighted by Crippen LogP contribution is -2.40. The lowest BCUT2D eigenvalue weighted by molar-refractivity contribution is -0.0826. The van der Waals surface area contributed by atoms with E-state index in [2.05, 4.69) is 35.1 Å². The first-order valence-electron chi connectivity index (χ1n) is 8.29. The lowest BCUT2D eigenvalue weighted by Gasteiger charge is -2.32. The lowest BCUT2D eigenvalue weighted by atomic mass is 9.94. The second kappa shape index (κ2) is 5.69. The van der Waals surface area contributed by atoms with Crippen LogP contribution in [0.3, 0.4) is 0 Å². The van der Waals surface area contributed by atoms with Crippen molar-refractivity contribution in [1.29, 1.82) is 5.26 Å². The monoisotopic (exact) mass is 324 g/mol. The number of benzene rings is 1. The van der Waals surface area contributed by atoms with Crippen molar-refractivity contribution < 1.29 is 9.15 Å². The second-order valence-electron chi connectivity index (χ2n) is 6.88. The average Bonchev–Trinajstić information content (AvgIpc) is 3.24. The van der Waals surface area contributed by atoms with Crippen LogP contribution in [-0.2, 0) is 10.2 Å². The Labute approximate surface area is 141 Å².